The number of hydrogen-bond acceptors (Lipinski definition) is 3. The molecule has 2 N–H and O–H groups in total. The van der Waals surface area contributed by atoms with Crippen molar-refractivity contribution in [3.63, 3.8) is 0 Å². The fraction of sp³-hybridized carbons (Fsp3) is 0.533. The molecule has 0 radical (unpaired) electrons. The van der Waals surface area contributed by atoms with Gasteiger partial charge in [-0.15, -0.1) is 0 Å². The Labute approximate surface area is 126 Å². The van der Waals surface area contributed by atoms with Gasteiger partial charge in [0.05, 0.1) is 12.2 Å². The third-order valence-electron chi connectivity index (χ3n) is 3.79. The summed E-state index contributed by atoms with van der Waals surface area (Å²) in [6.45, 7) is 1.72. The average Bonchev–Trinajstić information content (AvgIpc) is 2.52. The van der Waals surface area contributed by atoms with E-state index in [0.717, 1.165) is 25.0 Å². The molecular weight excluding hydrogens is 297 g/mol. The van der Waals surface area contributed by atoms with Crippen LogP contribution in [0.25, 0.3) is 0 Å². The normalized spacial score (nSPS) is 16.8. The molecule has 0 saturated carbocycles. The molecule has 0 aliphatic carbocycles. The summed E-state index contributed by atoms with van der Waals surface area (Å²) in [7, 11) is 0. The minimum Gasteiger partial charge on any atom is -0.395 e. The summed E-state index contributed by atoms with van der Waals surface area (Å²) in [4.78, 5) is 13.9. The van der Waals surface area contributed by atoms with Crippen molar-refractivity contribution in [1.82, 2.24) is 10.2 Å². The van der Waals surface area contributed by atoms with Gasteiger partial charge in [-0.25, -0.2) is 0 Å². The maximum atomic E-state index is 12.5. The van der Waals surface area contributed by atoms with Crippen molar-refractivity contribution >= 4 is 5.91 Å². The number of carbonyl (C=O) groups excluding carboxylic acids is 1. The number of aliphatic hydroxyl groups is 1. The molecule has 1 amide bonds. The highest BCUT2D eigenvalue weighted by atomic mass is 19.4. The molecule has 4 nitrogen and oxygen atoms in total. The molecule has 1 aromatic carbocycles. The van der Waals surface area contributed by atoms with Crippen LogP contribution < -0.4 is 5.32 Å². The van der Waals surface area contributed by atoms with Gasteiger partial charge >= 0.3 is 6.18 Å². The van der Waals surface area contributed by atoms with E-state index in [1.165, 1.54) is 12.1 Å². The Morgan fingerprint density at radius 2 is 1.82 bits per heavy atom. The summed E-state index contributed by atoms with van der Waals surface area (Å²) in [6.07, 6.45) is -2.85. The molecule has 1 heterocycles. The number of carbonyl (C=O) groups is 1. The van der Waals surface area contributed by atoms with E-state index >= 15 is 0 Å². The molecule has 7 heteroatoms. The van der Waals surface area contributed by atoms with E-state index in [1.807, 2.05) is 0 Å². The summed E-state index contributed by atoms with van der Waals surface area (Å²) < 4.78 is 37.5. The third-order valence-corrected chi connectivity index (χ3v) is 3.79. The fourth-order valence-corrected chi connectivity index (χ4v) is 2.54. The smallest absolute Gasteiger partial charge is 0.395 e. The van der Waals surface area contributed by atoms with Gasteiger partial charge in [-0.2, -0.15) is 13.2 Å². The summed E-state index contributed by atoms with van der Waals surface area (Å²) in [5.74, 6) is -0.241. The van der Waals surface area contributed by atoms with Crippen LogP contribution in [0.5, 0.6) is 0 Å². The van der Waals surface area contributed by atoms with E-state index < -0.39 is 11.7 Å². The van der Waals surface area contributed by atoms with Crippen LogP contribution in [-0.2, 0) is 6.18 Å². The number of benzene rings is 1. The summed E-state index contributed by atoms with van der Waals surface area (Å²) in [5, 5.41) is 11.9. The van der Waals surface area contributed by atoms with Crippen molar-refractivity contribution in [3.8, 4) is 0 Å². The van der Waals surface area contributed by atoms with Gasteiger partial charge in [0, 0.05) is 31.2 Å². The Morgan fingerprint density at radius 1 is 1.23 bits per heavy atom. The van der Waals surface area contributed by atoms with Gasteiger partial charge in [0.1, 0.15) is 0 Å². The molecule has 122 valence electrons. The predicted molar refractivity (Wildman–Crippen MR) is 75.5 cm³/mol. The minimum atomic E-state index is -4.39. The van der Waals surface area contributed by atoms with Crippen LogP contribution >= 0.6 is 0 Å². The van der Waals surface area contributed by atoms with Crippen molar-refractivity contribution in [2.45, 2.75) is 25.1 Å². The largest absolute Gasteiger partial charge is 0.416 e. The Kier molecular flexibility index (Phi) is 5.42. The highest BCUT2D eigenvalue weighted by molar-refractivity contribution is 5.94. The maximum absolute atomic E-state index is 12.5. The van der Waals surface area contributed by atoms with Crippen LogP contribution in [0.3, 0.4) is 0 Å². The minimum absolute atomic E-state index is 0.0741. The van der Waals surface area contributed by atoms with Gasteiger partial charge < -0.3 is 15.3 Å². The highest BCUT2D eigenvalue weighted by Crippen LogP contribution is 2.29. The Hall–Kier alpha value is -1.60. The number of nitrogens with one attached hydrogen (secondary N) is 1. The van der Waals surface area contributed by atoms with Crippen LogP contribution in [0.1, 0.15) is 28.8 Å². The van der Waals surface area contributed by atoms with E-state index in [0.29, 0.717) is 19.6 Å². The SMILES string of the molecule is O=C(c1ccc(C(F)(F)F)cc1)N1CCC(NCCO)CC1. The number of amides is 1. The topological polar surface area (TPSA) is 52.6 Å². The van der Waals surface area contributed by atoms with Crippen LogP contribution in [0.15, 0.2) is 24.3 Å². The van der Waals surface area contributed by atoms with Crippen molar-refractivity contribution in [2.24, 2.45) is 0 Å². The number of likely N-dealkylation sites (tertiary alicyclic amines) is 1. The van der Waals surface area contributed by atoms with Gasteiger partial charge in [0.2, 0.25) is 0 Å². The lowest BCUT2D eigenvalue weighted by Gasteiger charge is -2.32. The van der Waals surface area contributed by atoms with Crippen LogP contribution in [-0.4, -0.2) is 48.2 Å². The highest BCUT2D eigenvalue weighted by Gasteiger charge is 2.30. The van der Waals surface area contributed by atoms with Gasteiger partial charge in [0.15, 0.2) is 0 Å². The number of hydrogen-bond donors (Lipinski definition) is 2. The molecule has 0 aromatic heterocycles. The molecular formula is C15H19F3N2O2. The lowest BCUT2D eigenvalue weighted by atomic mass is 10.0. The van der Waals surface area contributed by atoms with E-state index in [-0.39, 0.29) is 24.1 Å². The lowest BCUT2D eigenvalue weighted by Crippen LogP contribution is -2.45. The first-order valence-electron chi connectivity index (χ1n) is 7.22. The van der Waals surface area contributed by atoms with Gasteiger partial charge in [-0.1, -0.05) is 0 Å². The molecule has 22 heavy (non-hydrogen) atoms. The Balaban J connectivity index is 1.92. The quantitative estimate of drug-likeness (QED) is 0.892. The average molecular weight is 316 g/mol. The summed E-state index contributed by atoms with van der Waals surface area (Å²) in [6, 6.07) is 4.58. The molecule has 1 aliphatic rings. The van der Waals surface area contributed by atoms with Gasteiger partial charge in [-0.3, -0.25) is 4.79 Å². The van der Waals surface area contributed by atoms with Crippen molar-refractivity contribution in [1.29, 1.82) is 0 Å². The van der Waals surface area contributed by atoms with Crippen LogP contribution in [0.4, 0.5) is 13.2 Å². The standard InChI is InChI=1S/C15H19F3N2O2/c16-15(17,18)12-3-1-11(2-4-12)14(22)20-8-5-13(6-9-20)19-7-10-21/h1-4,13,19,21H,5-10H2. The number of nitrogens with zero attached hydrogens (tertiary/aromatic N) is 1. The number of piperidine rings is 1. The zero-order valence-corrected chi connectivity index (χ0v) is 12.1. The van der Waals surface area contributed by atoms with Crippen molar-refractivity contribution in [2.75, 3.05) is 26.2 Å². The predicted octanol–water partition coefficient (Wildman–Crippen LogP) is 1.89. The second kappa shape index (κ2) is 7.11. The van der Waals surface area contributed by atoms with Crippen LogP contribution in [0.2, 0.25) is 0 Å². The molecule has 1 saturated heterocycles. The second-order valence-corrected chi connectivity index (χ2v) is 5.32. The first-order chi connectivity index (χ1) is 10.4. The van der Waals surface area contributed by atoms with E-state index in [2.05, 4.69) is 5.32 Å². The number of alkyl halides is 3. The number of aliphatic hydroxyl groups excluding tert-OH is 1. The monoisotopic (exact) mass is 316 g/mol. The van der Waals surface area contributed by atoms with Crippen molar-refractivity contribution in [3.05, 3.63) is 35.4 Å². The van der Waals surface area contributed by atoms with Gasteiger partial charge in [-0.05, 0) is 37.1 Å². The molecule has 0 atom stereocenters. The fourth-order valence-electron chi connectivity index (χ4n) is 2.54. The Morgan fingerprint density at radius 3 is 2.32 bits per heavy atom. The van der Waals surface area contributed by atoms with E-state index in [9.17, 15) is 18.0 Å². The first-order valence-corrected chi connectivity index (χ1v) is 7.22. The first kappa shape index (κ1) is 16.8. The van der Waals surface area contributed by atoms with Crippen molar-refractivity contribution < 1.29 is 23.1 Å². The molecule has 0 unspecified atom stereocenters. The van der Waals surface area contributed by atoms with Crippen LogP contribution in [0, 0.1) is 0 Å². The Bertz CT molecular complexity index is 495. The molecule has 0 bridgehead atoms. The lowest BCUT2D eigenvalue weighted by molar-refractivity contribution is -0.137. The summed E-state index contributed by atoms with van der Waals surface area (Å²) in [5.41, 5.74) is -0.481. The molecule has 2 rings (SSSR count). The molecule has 1 aliphatic heterocycles. The summed E-state index contributed by atoms with van der Waals surface area (Å²) >= 11 is 0. The second-order valence-electron chi connectivity index (χ2n) is 5.32. The zero-order chi connectivity index (χ0) is 16.2. The van der Waals surface area contributed by atoms with Gasteiger partial charge in [0.25, 0.3) is 5.91 Å². The number of rotatable bonds is 4. The molecule has 0 spiro atoms. The number of halogens is 3. The maximum Gasteiger partial charge on any atom is 0.416 e. The van der Waals surface area contributed by atoms with E-state index in [4.69, 9.17) is 5.11 Å². The molecule has 1 fully saturated rings. The van der Waals surface area contributed by atoms with E-state index in [1.54, 1.807) is 4.90 Å². The molecule has 1 aromatic rings. The zero-order valence-electron chi connectivity index (χ0n) is 12.1. The third kappa shape index (κ3) is 4.20.